The number of allylic oxidation sites excluding steroid dienone is 4. The minimum absolute atomic E-state index is 0.194. The first-order chi connectivity index (χ1) is 15.9. The number of nitrogens with zero attached hydrogens (tertiary/aromatic N) is 4. The first-order valence-electron chi connectivity index (χ1n) is 9.89. The first kappa shape index (κ1) is 23.2. The van der Waals surface area contributed by atoms with Crippen molar-refractivity contribution < 1.29 is 8.42 Å². The van der Waals surface area contributed by atoms with Gasteiger partial charge in [0.25, 0.3) is 10.0 Å². The summed E-state index contributed by atoms with van der Waals surface area (Å²) in [6.45, 7) is 5.66. The highest BCUT2D eigenvalue weighted by atomic mass is 79.9. The molecular weight excluding hydrogens is 520 g/mol. The van der Waals surface area contributed by atoms with Crippen molar-refractivity contribution in [3.05, 3.63) is 101 Å². The number of halogens is 1. The SMILES string of the molecule is C=C/C=C\C(=C/C)S(=C)n1cc(-c2cn(S(=O)(=O)c3ccccc3)c3ncc(Br)cc23)cn1. The van der Waals surface area contributed by atoms with Crippen molar-refractivity contribution in [2.24, 2.45) is 0 Å². The van der Waals surface area contributed by atoms with Crippen LogP contribution < -0.4 is 0 Å². The van der Waals surface area contributed by atoms with Gasteiger partial charge in [-0.1, -0.05) is 43.0 Å². The Hall–Kier alpha value is -3.01. The van der Waals surface area contributed by atoms with E-state index < -0.39 is 20.7 Å². The van der Waals surface area contributed by atoms with Gasteiger partial charge in [0.1, 0.15) is 0 Å². The number of rotatable bonds is 7. The van der Waals surface area contributed by atoms with Crippen molar-refractivity contribution in [1.29, 1.82) is 0 Å². The van der Waals surface area contributed by atoms with Crippen LogP contribution in [0.15, 0.2) is 106 Å². The molecule has 0 saturated heterocycles. The van der Waals surface area contributed by atoms with Gasteiger partial charge < -0.3 is 0 Å². The van der Waals surface area contributed by atoms with Gasteiger partial charge in [-0.2, -0.15) is 5.10 Å². The molecule has 9 heteroatoms. The van der Waals surface area contributed by atoms with Crippen LogP contribution in [0.5, 0.6) is 0 Å². The van der Waals surface area contributed by atoms with Crippen LogP contribution in [0.1, 0.15) is 6.92 Å². The van der Waals surface area contributed by atoms with E-state index in [-0.39, 0.29) is 4.90 Å². The number of hydrogen-bond donors (Lipinski definition) is 0. The molecule has 3 heterocycles. The van der Waals surface area contributed by atoms with Crippen LogP contribution in [0.25, 0.3) is 22.2 Å². The van der Waals surface area contributed by atoms with Crippen LogP contribution in [0, 0.1) is 0 Å². The minimum Gasteiger partial charge on any atom is -0.236 e. The van der Waals surface area contributed by atoms with Crippen molar-refractivity contribution in [2.75, 3.05) is 0 Å². The van der Waals surface area contributed by atoms with E-state index in [0.29, 0.717) is 16.6 Å². The van der Waals surface area contributed by atoms with Crippen LogP contribution in [-0.4, -0.2) is 32.4 Å². The Morgan fingerprint density at radius 2 is 1.94 bits per heavy atom. The molecule has 0 radical (unpaired) electrons. The lowest BCUT2D eigenvalue weighted by atomic mass is 10.1. The Balaban J connectivity index is 1.85. The van der Waals surface area contributed by atoms with Crippen molar-refractivity contribution in [3.8, 4) is 11.1 Å². The van der Waals surface area contributed by atoms with Crippen molar-refractivity contribution in [1.82, 2.24) is 18.1 Å². The van der Waals surface area contributed by atoms with Crippen molar-refractivity contribution in [2.45, 2.75) is 11.8 Å². The fraction of sp³-hybridized carbons (Fsp3) is 0.0417. The number of fused-ring (bicyclic) bond motifs is 1. The molecule has 0 aliphatic carbocycles. The number of pyridine rings is 1. The zero-order valence-electron chi connectivity index (χ0n) is 17.8. The quantitative estimate of drug-likeness (QED) is 0.212. The van der Waals surface area contributed by atoms with Gasteiger partial charge in [-0.05, 0) is 63.7 Å². The highest BCUT2D eigenvalue weighted by molar-refractivity contribution is 9.10. The van der Waals surface area contributed by atoms with Gasteiger partial charge in [-0.25, -0.2) is 21.5 Å². The first-order valence-corrected chi connectivity index (χ1v) is 13.5. The second-order valence-electron chi connectivity index (χ2n) is 6.96. The lowest BCUT2D eigenvalue weighted by Crippen LogP contribution is -2.12. The van der Waals surface area contributed by atoms with Gasteiger partial charge in [-0.15, -0.1) is 0 Å². The van der Waals surface area contributed by atoms with Gasteiger partial charge in [0.2, 0.25) is 0 Å². The van der Waals surface area contributed by atoms with Crippen LogP contribution in [0.2, 0.25) is 0 Å². The lowest BCUT2D eigenvalue weighted by molar-refractivity contribution is 0.589. The molecule has 0 aliphatic heterocycles. The van der Waals surface area contributed by atoms with Crippen LogP contribution in [0.4, 0.5) is 0 Å². The average Bonchev–Trinajstić information content (AvgIpc) is 3.45. The third-order valence-electron chi connectivity index (χ3n) is 4.93. The summed E-state index contributed by atoms with van der Waals surface area (Å²) in [4.78, 5) is 5.60. The Labute approximate surface area is 203 Å². The molecule has 0 N–H and O–H groups in total. The zero-order chi connectivity index (χ0) is 23.6. The van der Waals surface area contributed by atoms with E-state index in [1.807, 2.05) is 37.4 Å². The molecular formula is C24H21BrN4O2S2. The number of hydrogen-bond acceptors (Lipinski definition) is 4. The normalized spacial score (nSPS) is 13.6. The van der Waals surface area contributed by atoms with Crippen LogP contribution in [0.3, 0.4) is 0 Å². The molecule has 0 fully saturated rings. The maximum Gasteiger partial charge on any atom is 0.269 e. The predicted octanol–water partition coefficient (Wildman–Crippen LogP) is 6.01. The molecule has 0 bridgehead atoms. The molecule has 0 saturated carbocycles. The van der Waals surface area contributed by atoms with E-state index in [4.69, 9.17) is 0 Å². The molecule has 4 aromatic rings. The van der Waals surface area contributed by atoms with Crippen LogP contribution in [-0.2, 0) is 10.0 Å². The average molecular weight is 541 g/mol. The smallest absolute Gasteiger partial charge is 0.236 e. The summed E-state index contributed by atoms with van der Waals surface area (Å²) in [5.74, 6) is 4.25. The topological polar surface area (TPSA) is 69.8 Å². The minimum atomic E-state index is -3.83. The van der Waals surface area contributed by atoms with Gasteiger partial charge in [0, 0.05) is 44.5 Å². The van der Waals surface area contributed by atoms with Gasteiger partial charge in [0.15, 0.2) is 5.65 Å². The fourth-order valence-electron chi connectivity index (χ4n) is 3.32. The third-order valence-corrected chi connectivity index (χ3v) is 8.59. The highest BCUT2D eigenvalue weighted by Crippen LogP contribution is 2.35. The monoisotopic (exact) mass is 540 g/mol. The lowest BCUT2D eigenvalue weighted by Gasteiger charge is -2.07. The molecule has 1 atom stereocenters. The molecule has 4 rings (SSSR count). The second kappa shape index (κ2) is 9.46. The Kier molecular flexibility index (Phi) is 6.64. The molecule has 33 heavy (non-hydrogen) atoms. The van der Waals surface area contributed by atoms with E-state index in [1.54, 1.807) is 59.1 Å². The maximum absolute atomic E-state index is 13.4. The summed E-state index contributed by atoms with van der Waals surface area (Å²) in [5, 5.41) is 5.20. The fourth-order valence-corrected chi connectivity index (χ4v) is 6.12. The molecule has 0 spiro atoms. The summed E-state index contributed by atoms with van der Waals surface area (Å²) < 4.78 is 30.5. The van der Waals surface area contributed by atoms with E-state index >= 15 is 0 Å². The molecule has 3 aromatic heterocycles. The van der Waals surface area contributed by atoms with Crippen LogP contribution >= 0.6 is 26.6 Å². The Morgan fingerprint density at radius 3 is 2.64 bits per heavy atom. The Bertz CT molecular complexity index is 1530. The highest BCUT2D eigenvalue weighted by Gasteiger charge is 2.23. The van der Waals surface area contributed by atoms with Crippen molar-refractivity contribution in [3.63, 3.8) is 0 Å². The summed E-state index contributed by atoms with van der Waals surface area (Å²) in [6.07, 6.45) is 14.3. The number of aromatic nitrogens is 4. The maximum atomic E-state index is 13.4. The molecule has 0 amide bonds. The third kappa shape index (κ3) is 4.44. The molecule has 0 aliphatic rings. The van der Waals surface area contributed by atoms with Gasteiger partial charge in [0.05, 0.1) is 11.1 Å². The standard InChI is InChI=1S/C24H21BrN4O2S2/c1-4-6-10-20(5-2)32(3)29-16-18(14-27-29)23-17-28(24-22(23)13-19(25)15-26-24)33(30,31)21-11-8-7-9-12-21/h4-17H,1,3H2,2H3/b10-6-,20-5+. The summed E-state index contributed by atoms with van der Waals surface area (Å²) in [5.41, 5.74) is 1.83. The van der Waals surface area contributed by atoms with Gasteiger partial charge in [-0.3, -0.25) is 0 Å². The second-order valence-corrected chi connectivity index (χ2v) is 11.3. The van der Waals surface area contributed by atoms with E-state index in [1.165, 1.54) is 3.97 Å². The molecule has 6 nitrogen and oxygen atoms in total. The molecule has 1 unspecified atom stereocenters. The largest absolute Gasteiger partial charge is 0.269 e. The Morgan fingerprint density at radius 1 is 1.18 bits per heavy atom. The van der Waals surface area contributed by atoms with E-state index in [0.717, 1.165) is 14.9 Å². The number of benzene rings is 1. The van der Waals surface area contributed by atoms with E-state index in [9.17, 15) is 8.42 Å². The summed E-state index contributed by atoms with van der Waals surface area (Å²) in [6, 6.07) is 10.2. The van der Waals surface area contributed by atoms with Crippen molar-refractivity contribution >= 4 is 53.5 Å². The molecule has 1 aromatic carbocycles. The zero-order valence-corrected chi connectivity index (χ0v) is 21.0. The van der Waals surface area contributed by atoms with E-state index in [2.05, 4.69) is 38.5 Å². The summed E-state index contributed by atoms with van der Waals surface area (Å²) in [7, 11) is -4.40. The predicted molar refractivity (Wildman–Crippen MR) is 141 cm³/mol. The molecule has 168 valence electrons. The van der Waals surface area contributed by atoms with Gasteiger partial charge >= 0.3 is 0 Å². The summed E-state index contributed by atoms with van der Waals surface area (Å²) >= 11 is 3.45.